The predicted molar refractivity (Wildman–Crippen MR) is 60.6 cm³/mol. The SMILES string of the molecule is CCCCCCCCCC(=N)CC. The number of unbranched alkanes of at least 4 members (excludes halogenated alkanes) is 6. The fourth-order valence-electron chi connectivity index (χ4n) is 1.47. The van der Waals surface area contributed by atoms with E-state index in [1.807, 2.05) is 0 Å². The molecule has 0 spiro atoms. The fraction of sp³-hybridized carbons (Fsp3) is 0.917. The first-order chi connectivity index (χ1) is 6.31. The van der Waals surface area contributed by atoms with Crippen molar-refractivity contribution in [1.29, 1.82) is 5.41 Å². The molecule has 0 unspecified atom stereocenters. The molecule has 0 saturated heterocycles. The van der Waals surface area contributed by atoms with Gasteiger partial charge in [0.1, 0.15) is 0 Å². The highest BCUT2D eigenvalue weighted by atomic mass is 14.4. The van der Waals surface area contributed by atoms with E-state index in [2.05, 4.69) is 13.8 Å². The summed E-state index contributed by atoms with van der Waals surface area (Å²) in [5, 5.41) is 7.48. The van der Waals surface area contributed by atoms with Crippen LogP contribution in [0.1, 0.15) is 71.6 Å². The Hall–Kier alpha value is -0.330. The minimum Gasteiger partial charge on any atom is -0.310 e. The molecule has 0 bridgehead atoms. The van der Waals surface area contributed by atoms with Crippen LogP contribution in [0.2, 0.25) is 0 Å². The maximum atomic E-state index is 7.48. The second kappa shape index (κ2) is 9.76. The van der Waals surface area contributed by atoms with Gasteiger partial charge in [-0.05, 0) is 19.3 Å². The molecule has 0 aromatic heterocycles. The zero-order valence-electron chi connectivity index (χ0n) is 9.36. The van der Waals surface area contributed by atoms with E-state index in [0.29, 0.717) is 0 Å². The summed E-state index contributed by atoms with van der Waals surface area (Å²) < 4.78 is 0. The fourth-order valence-corrected chi connectivity index (χ4v) is 1.47. The van der Waals surface area contributed by atoms with Gasteiger partial charge < -0.3 is 5.41 Å². The average molecular weight is 183 g/mol. The third-order valence-electron chi connectivity index (χ3n) is 2.51. The molecule has 0 heterocycles. The molecule has 13 heavy (non-hydrogen) atoms. The Balaban J connectivity index is 2.95. The largest absolute Gasteiger partial charge is 0.310 e. The number of rotatable bonds is 9. The highest BCUT2D eigenvalue weighted by Crippen LogP contribution is 2.08. The lowest BCUT2D eigenvalue weighted by molar-refractivity contribution is 0.594. The van der Waals surface area contributed by atoms with E-state index in [0.717, 1.165) is 18.6 Å². The molecule has 0 aliphatic carbocycles. The molecule has 0 rings (SSSR count). The van der Waals surface area contributed by atoms with E-state index in [1.165, 1.54) is 44.9 Å². The van der Waals surface area contributed by atoms with Crippen molar-refractivity contribution in [1.82, 2.24) is 0 Å². The summed E-state index contributed by atoms with van der Waals surface area (Å²) in [5.41, 5.74) is 0.925. The van der Waals surface area contributed by atoms with Gasteiger partial charge in [0.2, 0.25) is 0 Å². The molecule has 0 radical (unpaired) electrons. The second-order valence-electron chi connectivity index (χ2n) is 3.83. The molecule has 1 N–H and O–H groups in total. The monoisotopic (exact) mass is 183 g/mol. The van der Waals surface area contributed by atoms with Gasteiger partial charge in [-0.2, -0.15) is 0 Å². The molecule has 78 valence electrons. The van der Waals surface area contributed by atoms with E-state index in [-0.39, 0.29) is 0 Å². The second-order valence-corrected chi connectivity index (χ2v) is 3.83. The zero-order valence-corrected chi connectivity index (χ0v) is 9.36. The summed E-state index contributed by atoms with van der Waals surface area (Å²) in [6, 6.07) is 0. The molecule has 0 amide bonds. The molecule has 0 aliphatic rings. The van der Waals surface area contributed by atoms with E-state index in [1.54, 1.807) is 0 Å². The average Bonchev–Trinajstić information content (AvgIpc) is 2.16. The van der Waals surface area contributed by atoms with E-state index < -0.39 is 0 Å². The third kappa shape index (κ3) is 9.59. The number of hydrogen-bond donors (Lipinski definition) is 1. The number of hydrogen-bond acceptors (Lipinski definition) is 1. The maximum Gasteiger partial charge on any atom is 0.00864 e. The topological polar surface area (TPSA) is 23.9 Å². The predicted octanol–water partition coefficient (Wildman–Crippen LogP) is 4.56. The molecule has 0 atom stereocenters. The van der Waals surface area contributed by atoms with Gasteiger partial charge in [0.05, 0.1) is 0 Å². The van der Waals surface area contributed by atoms with Crippen molar-refractivity contribution in [3.8, 4) is 0 Å². The lowest BCUT2D eigenvalue weighted by Gasteiger charge is -2.01. The summed E-state index contributed by atoms with van der Waals surface area (Å²) in [7, 11) is 0. The Morgan fingerprint density at radius 3 is 1.92 bits per heavy atom. The molecule has 0 fully saturated rings. The van der Waals surface area contributed by atoms with Crippen LogP contribution in [0.15, 0.2) is 0 Å². The van der Waals surface area contributed by atoms with Gasteiger partial charge >= 0.3 is 0 Å². The van der Waals surface area contributed by atoms with Gasteiger partial charge in [-0.15, -0.1) is 0 Å². The summed E-state index contributed by atoms with van der Waals surface area (Å²) in [6.07, 6.45) is 11.4. The lowest BCUT2D eigenvalue weighted by atomic mass is 10.1. The lowest BCUT2D eigenvalue weighted by Crippen LogP contribution is -1.92. The van der Waals surface area contributed by atoms with Crippen molar-refractivity contribution in [2.24, 2.45) is 0 Å². The maximum absolute atomic E-state index is 7.48. The van der Waals surface area contributed by atoms with Crippen molar-refractivity contribution in [2.75, 3.05) is 0 Å². The van der Waals surface area contributed by atoms with Crippen molar-refractivity contribution in [2.45, 2.75) is 71.6 Å². The van der Waals surface area contributed by atoms with Crippen LogP contribution in [0.5, 0.6) is 0 Å². The van der Waals surface area contributed by atoms with Crippen molar-refractivity contribution >= 4 is 5.71 Å². The van der Waals surface area contributed by atoms with E-state index in [4.69, 9.17) is 5.41 Å². The highest BCUT2D eigenvalue weighted by Gasteiger charge is 1.94. The Morgan fingerprint density at radius 1 is 0.846 bits per heavy atom. The molecule has 1 nitrogen and oxygen atoms in total. The first-order valence-corrected chi connectivity index (χ1v) is 5.87. The zero-order chi connectivity index (χ0) is 9.94. The molecule has 0 aromatic rings. The molecule has 0 saturated carbocycles. The molecule has 1 heteroatoms. The standard InChI is InChI=1S/C12H25N/c1-3-5-6-7-8-9-10-11-12(13)4-2/h13H,3-11H2,1-2H3. The summed E-state index contributed by atoms with van der Waals surface area (Å²) >= 11 is 0. The van der Waals surface area contributed by atoms with Crippen LogP contribution in [-0.2, 0) is 0 Å². The van der Waals surface area contributed by atoms with Crippen molar-refractivity contribution < 1.29 is 0 Å². The van der Waals surface area contributed by atoms with Crippen LogP contribution >= 0.6 is 0 Å². The van der Waals surface area contributed by atoms with Crippen molar-refractivity contribution in [3.05, 3.63) is 0 Å². The van der Waals surface area contributed by atoms with E-state index in [9.17, 15) is 0 Å². The Labute approximate surface area is 83.4 Å². The van der Waals surface area contributed by atoms with Crippen LogP contribution in [-0.4, -0.2) is 5.71 Å². The van der Waals surface area contributed by atoms with E-state index >= 15 is 0 Å². The van der Waals surface area contributed by atoms with Crippen LogP contribution in [0.3, 0.4) is 0 Å². The van der Waals surface area contributed by atoms with Gasteiger partial charge in [0.15, 0.2) is 0 Å². The van der Waals surface area contributed by atoms with Gasteiger partial charge in [-0.1, -0.05) is 52.4 Å². The Morgan fingerprint density at radius 2 is 1.38 bits per heavy atom. The summed E-state index contributed by atoms with van der Waals surface area (Å²) in [5.74, 6) is 0. The number of nitrogens with one attached hydrogen (secondary N) is 1. The molecular formula is C12H25N. The quantitative estimate of drug-likeness (QED) is 0.400. The van der Waals surface area contributed by atoms with Gasteiger partial charge in [-0.3, -0.25) is 0 Å². The van der Waals surface area contributed by atoms with Crippen LogP contribution in [0.4, 0.5) is 0 Å². The van der Waals surface area contributed by atoms with Gasteiger partial charge in [-0.25, -0.2) is 0 Å². The summed E-state index contributed by atoms with van der Waals surface area (Å²) in [6.45, 7) is 4.33. The summed E-state index contributed by atoms with van der Waals surface area (Å²) in [4.78, 5) is 0. The minimum absolute atomic E-state index is 0.925. The van der Waals surface area contributed by atoms with Crippen LogP contribution in [0, 0.1) is 5.41 Å². The minimum atomic E-state index is 0.925. The molecule has 0 aliphatic heterocycles. The van der Waals surface area contributed by atoms with Crippen molar-refractivity contribution in [3.63, 3.8) is 0 Å². The van der Waals surface area contributed by atoms with Gasteiger partial charge in [0, 0.05) is 5.71 Å². The Bertz CT molecular complexity index is 118. The normalized spacial score (nSPS) is 10.3. The first-order valence-electron chi connectivity index (χ1n) is 5.87. The molecular weight excluding hydrogens is 158 g/mol. The van der Waals surface area contributed by atoms with Crippen LogP contribution in [0.25, 0.3) is 0 Å². The Kier molecular flexibility index (Phi) is 9.51. The van der Waals surface area contributed by atoms with Crippen LogP contribution < -0.4 is 0 Å². The highest BCUT2D eigenvalue weighted by molar-refractivity contribution is 5.80. The van der Waals surface area contributed by atoms with Gasteiger partial charge in [0.25, 0.3) is 0 Å². The third-order valence-corrected chi connectivity index (χ3v) is 2.51. The smallest absolute Gasteiger partial charge is 0.00864 e. The first kappa shape index (κ1) is 12.7. The molecule has 0 aromatic carbocycles.